The third-order valence-corrected chi connectivity index (χ3v) is 3.53. The van der Waals surface area contributed by atoms with Gasteiger partial charge in [-0.15, -0.1) is 5.10 Å². The van der Waals surface area contributed by atoms with Gasteiger partial charge in [-0.25, -0.2) is 4.68 Å². The van der Waals surface area contributed by atoms with Crippen molar-refractivity contribution >= 4 is 17.3 Å². The molecule has 108 valence electrons. The summed E-state index contributed by atoms with van der Waals surface area (Å²) in [6.07, 6.45) is 4.67. The molecule has 0 bridgehead atoms. The van der Waals surface area contributed by atoms with Gasteiger partial charge in [0.15, 0.2) is 5.82 Å². The minimum Gasteiger partial charge on any atom is -0.399 e. The van der Waals surface area contributed by atoms with E-state index in [1.54, 1.807) is 6.07 Å². The molecule has 1 unspecified atom stereocenters. The number of aromatic nitrogens is 4. The molecule has 0 saturated carbocycles. The Morgan fingerprint density at radius 2 is 2.10 bits per heavy atom. The molecule has 1 aromatic carbocycles. The Labute approximate surface area is 124 Å². The number of hydrogen-bond donors (Lipinski definition) is 1. The average molecular weight is 294 g/mol. The maximum absolute atomic E-state index is 6.04. The number of unbranched alkanes of at least 4 members (excludes halogenated alkanes) is 2. The monoisotopic (exact) mass is 293 g/mol. The maximum Gasteiger partial charge on any atom is 0.182 e. The topological polar surface area (TPSA) is 69.6 Å². The van der Waals surface area contributed by atoms with Crippen LogP contribution in [0, 0.1) is 0 Å². The van der Waals surface area contributed by atoms with E-state index in [9.17, 15) is 0 Å². The standard InChI is InChI=1S/C14H20ClN5/c1-3-4-5-6-10(2)20-14(17-18-19-20)11-7-12(15)9-13(16)8-11/h7-10H,3-6,16H2,1-2H3. The second kappa shape index (κ2) is 6.70. The van der Waals surface area contributed by atoms with Crippen molar-refractivity contribution in [1.82, 2.24) is 20.2 Å². The van der Waals surface area contributed by atoms with Crippen molar-refractivity contribution < 1.29 is 0 Å². The van der Waals surface area contributed by atoms with Crippen LogP contribution in [0.15, 0.2) is 18.2 Å². The van der Waals surface area contributed by atoms with Gasteiger partial charge in [0, 0.05) is 16.3 Å². The lowest BCUT2D eigenvalue weighted by molar-refractivity contribution is 0.432. The highest BCUT2D eigenvalue weighted by molar-refractivity contribution is 6.31. The number of halogens is 1. The first-order valence-electron chi connectivity index (χ1n) is 6.96. The van der Waals surface area contributed by atoms with Crippen molar-refractivity contribution in [2.24, 2.45) is 0 Å². The first-order valence-corrected chi connectivity index (χ1v) is 7.34. The molecule has 1 atom stereocenters. The summed E-state index contributed by atoms with van der Waals surface area (Å²) in [7, 11) is 0. The highest BCUT2D eigenvalue weighted by atomic mass is 35.5. The quantitative estimate of drug-likeness (QED) is 0.651. The number of anilines is 1. The predicted octanol–water partition coefficient (Wildman–Crippen LogP) is 3.72. The lowest BCUT2D eigenvalue weighted by atomic mass is 10.1. The van der Waals surface area contributed by atoms with Crippen LogP contribution in [0.1, 0.15) is 45.6 Å². The van der Waals surface area contributed by atoms with E-state index in [1.807, 2.05) is 16.8 Å². The SMILES string of the molecule is CCCCCC(C)n1nnnc1-c1cc(N)cc(Cl)c1. The van der Waals surface area contributed by atoms with Gasteiger partial charge in [0.05, 0.1) is 6.04 Å². The van der Waals surface area contributed by atoms with Crippen LogP contribution in [0.5, 0.6) is 0 Å². The van der Waals surface area contributed by atoms with Crippen LogP contribution in [0.3, 0.4) is 0 Å². The second-order valence-electron chi connectivity index (χ2n) is 5.07. The Bertz CT molecular complexity index is 546. The van der Waals surface area contributed by atoms with Crippen molar-refractivity contribution in [2.45, 2.75) is 45.6 Å². The summed E-state index contributed by atoms with van der Waals surface area (Å²) in [4.78, 5) is 0. The van der Waals surface area contributed by atoms with Crippen LogP contribution in [0.25, 0.3) is 11.4 Å². The van der Waals surface area contributed by atoms with Crippen LogP contribution in [-0.2, 0) is 0 Å². The summed E-state index contributed by atoms with van der Waals surface area (Å²) in [5.41, 5.74) is 7.29. The van der Waals surface area contributed by atoms with E-state index < -0.39 is 0 Å². The van der Waals surface area contributed by atoms with E-state index in [0.29, 0.717) is 16.5 Å². The maximum atomic E-state index is 6.04. The van der Waals surface area contributed by atoms with Gasteiger partial charge in [0.2, 0.25) is 0 Å². The molecule has 0 fully saturated rings. The molecule has 0 aliphatic heterocycles. The van der Waals surface area contributed by atoms with Gasteiger partial charge in [-0.2, -0.15) is 0 Å². The average Bonchev–Trinajstić information content (AvgIpc) is 2.87. The summed E-state index contributed by atoms with van der Waals surface area (Å²) in [5, 5.41) is 12.6. The molecule has 2 N–H and O–H groups in total. The van der Waals surface area contributed by atoms with Gasteiger partial charge in [0.1, 0.15) is 0 Å². The molecule has 6 heteroatoms. The van der Waals surface area contributed by atoms with Gasteiger partial charge >= 0.3 is 0 Å². The van der Waals surface area contributed by atoms with E-state index in [2.05, 4.69) is 29.4 Å². The van der Waals surface area contributed by atoms with Gasteiger partial charge in [-0.05, 0) is 42.0 Å². The number of nitrogens with two attached hydrogens (primary N) is 1. The third-order valence-electron chi connectivity index (χ3n) is 3.31. The second-order valence-corrected chi connectivity index (χ2v) is 5.50. The molecule has 1 heterocycles. The molecule has 0 spiro atoms. The first-order chi connectivity index (χ1) is 9.61. The Balaban J connectivity index is 2.23. The number of hydrogen-bond acceptors (Lipinski definition) is 4. The molecule has 0 aliphatic rings. The van der Waals surface area contributed by atoms with E-state index >= 15 is 0 Å². The van der Waals surface area contributed by atoms with Crippen molar-refractivity contribution in [3.63, 3.8) is 0 Å². The minimum absolute atomic E-state index is 0.256. The van der Waals surface area contributed by atoms with Gasteiger partial charge < -0.3 is 5.73 Å². The molecular weight excluding hydrogens is 274 g/mol. The predicted molar refractivity (Wildman–Crippen MR) is 81.5 cm³/mol. The molecule has 0 saturated heterocycles. The third kappa shape index (κ3) is 3.48. The van der Waals surface area contributed by atoms with Crippen molar-refractivity contribution in [2.75, 3.05) is 5.73 Å². The number of nitrogen functional groups attached to an aromatic ring is 1. The van der Waals surface area contributed by atoms with Crippen LogP contribution in [0.4, 0.5) is 5.69 Å². The molecule has 0 radical (unpaired) electrons. The summed E-state index contributed by atoms with van der Waals surface area (Å²) in [6.45, 7) is 4.32. The zero-order valence-corrected chi connectivity index (χ0v) is 12.6. The summed E-state index contributed by atoms with van der Waals surface area (Å²) in [5.74, 6) is 0.711. The first kappa shape index (κ1) is 14.8. The van der Waals surface area contributed by atoms with Crippen LogP contribution >= 0.6 is 11.6 Å². The fourth-order valence-electron chi connectivity index (χ4n) is 2.23. The largest absolute Gasteiger partial charge is 0.399 e. The molecule has 2 aromatic rings. The van der Waals surface area contributed by atoms with E-state index in [0.717, 1.165) is 12.0 Å². The number of rotatable bonds is 6. The smallest absolute Gasteiger partial charge is 0.182 e. The van der Waals surface area contributed by atoms with Gasteiger partial charge in [0.25, 0.3) is 0 Å². The van der Waals surface area contributed by atoms with Crippen LogP contribution in [-0.4, -0.2) is 20.2 Å². The lowest BCUT2D eigenvalue weighted by Crippen LogP contribution is -2.09. The minimum atomic E-state index is 0.256. The molecule has 1 aromatic heterocycles. The number of tetrazole rings is 1. The van der Waals surface area contributed by atoms with Gasteiger partial charge in [-0.3, -0.25) is 0 Å². The van der Waals surface area contributed by atoms with E-state index in [4.69, 9.17) is 17.3 Å². The molecule has 5 nitrogen and oxygen atoms in total. The van der Waals surface area contributed by atoms with Crippen molar-refractivity contribution in [3.05, 3.63) is 23.2 Å². The number of benzene rings is 1. The van der Waals surface area contributed by atoms with Crippen LogP contribution in [0.2, 0.25) is 5.02 Å². The molecule has 0 amide bonds. The lowest BCUT2D eigenvalue weighted by Gasteiger charge is -2.13. The molecule has 0 aliphatic carbocycles. The van der Waals surface area contributed by atoms with Crippen molar-refractivity contribution in [3.8, 4) is 11.4 Å². The highest BCUT2D eigenvalue weighted by Gasteiger charge is 2.15. The van der Waals surface area contributed by atoms with Crippen LogP contribution < -0.4 is 5.73 Å². The van der Waals surface area contributed by atoms with E-state index in [1.165, 1.54) is 19.3 Å². The van der Waals surface area contributed by atoms with E-state index in [-0.39, 0.29) is 6.04 Å². The highest BCUT2D eigenvalue weighted by Crippen LogP contribution is 2.26. The molecule has 2 rings (SSSR count). The summed E-state index contributed by atoms with van der Waals surface area (Å²) in [6, 6.07) is 5.64. The zero-order chi connectivity index (χ0) is 14.5. The zero-order valence-electron chi connectivity index (χ0n) is 11.9. The van der Waals surface area contributed by atoms with Crippen molar-refractivity contribution in [1.29, 1.82) is 0 Å². The fraction of sp³-hybridized carbons (Fsp3) is 0.500. The Morgan fingerprint density at radius 3 is 2.80 bits per heavy atom. The molecule has 20 heavy (non-hydrogen) atoms. The number of nitrogens with zero attached hydrogens (tertiary/aromatic N) is 4. The summed E-state index contributed by atoms with van der Waals surface area (Å²) >= 11 is 6.04. The Kier molecular flexibility index (Phi) is 4.95. The summed E-state index contributed by atoms with van der Waals surface area (Å²) < 4.78 is 1.85. The van der Waals surface area contributed by atoms with Gasteiger partial charge in [-0.1, -0.05) is 37.8 Å². The Hall–Kier alpha value is -1.62. The fourth-order valence-corrected chi connectivity index (χ4v) is 2.48. The normalized spacial score (nSPS) is 12.6. The molecular formula is C14H20ClN5. The Morgan fingerprint density at radius 1 is 1.30 bits per heavy atom.